The van der Waals surface area contributed by atoms with E-state index in [2.05, 4.69) is 0 Å². The molecule has 0 unspecified atom stereocenters. The number of rotatable bonds is 9. The molecule has 0 bridgehead atoms. The van der Waals surface area contributed by atoms with E-state index < -0.39 is 24.0 Å². The van der Waals surface area contributed by atoms with Crippen LogP contribution in [-0.4, -0.2) is 68.4 Å². The van der Waals surface area contributed by atoms with Crippen molar-refractivity contribution in [2.75, 3.05) is 28.4 Å². The third-order valence-corrected chi connectivity index (χ3v) is 4.77. The van der Waals surface area contributed by atoms with Crippen molar-refractivity contribution in [2.45, 2.75) is 51.1 Å². The number of carboxylic acids is 1. The van der Waals surface area contributed by atoms with Crippen LogP contribution in [0.1, 0.15) is 42.6 Å². The van der Waals surface area contributed by atoms with Crippen LogP contribution in [-0.2, 0) is 25.5 Å². The average Bonchev–Trinajstić information content (AvgIpc) is 2.99. The van der Waals surface area contributed by atoms with Gasteiger partial charge in [0.25, 0.3) is 5.91 Å². The molecule has 1 aromatic rings. The molecule has 2 rings (SSSR count). The van der Waals surface area contributed by atoms with Crippen molar-refractivity contribution >= 4 is 11.9 Å². The zero-order valence-electron chi connectivity index (χ0n) is 17.7. The third kappa shape index (κ3) is 5.37. The molecule has 1 aliphatic heterocycles. The molecule has 1 fully saturated rings. The number of likely N-dealkylation sites (N-methyl/N-ethyl adjacent to an activating group) is 1. The van der Waals surface area contributed by atoms with Crippen molar-refractivity contribution in [1.29, 1.82) is 0 Å². The first-order valence-electron chi connectivity index (χ1n) is 9.29. The number of ether oxygens (including phenoxy) is 4. The number of methoxy groups -OCH3 is 2. The van der Waals surface area contributed by atoms with E-state index >= 15 is 0 Å². The summed E-state index contributed by atoms with van der Waals surface area (Å²) in [7, 11) is 5.83. The summed E-state index contributed by atoms with van der Waals surface area (Å²) in [5.74, 6) is -1.56. The van der Waals surface area contributed by atoms with Gasteiger partial charge in [0.15, 0.2) is 11.9 Å². The number of carboxylic acid groups (broad SMARTS) is 1. The Morgan fingerprint density at radius 2 is 1.86 bits per heavy atom. The maximum Gasteiger partial charge on any atom is 0.339 e. The number of hydrogen-bond donors (Lipinski definition) is 1. The van der Waals surface area contributed by atoms with E-state index in [4.69, 9.17) is 23.8 Å². The fourth-order valence-corrected chi connectivity index (χ4v) is 3.38. The number of amides is 1. The molecule has 162 valence electrons. The van der Waals surface area contributed by atoms with E-state index in [1.165, 1.54) is 28.4 Å². The van der Waals surface area contributed by atoms with Crippen LogP contribution >= 0.6 is 0 Å². The largest absolute Gasteiger partial charge is 0.497 e. The fraction of sp³-hybridized carbons (Fsp3) is 0.600. The normalized spacial score (nSPS) is 20.3. The molecule has 9 nitrogen and oxygen atoms in total. The van der Waals surface area contributed by atoms with Crippen molar-refractivity contribution in [3.8, 4) is 11.5 Å². The van der Waals surface area contributed by atoms with Gasteiger partial charge in [-0.1, -0.05) is 0 Å². The number of carbonyl (C=O) groups excluding carboxylic acids is 1. The Balaban J connectivity index is 2.15. The lowest BCUT2D eigenvalue weighted by atomic mass is 9.98. The molecule has 0 radical (unpaired) electrons. The van der Waals surface area contributed by atoms with Crippen molar-refractivity contribution in [1.82, 2.24) is 5.06 Å². The maximum atomic E-state index is 12.5. The number of benzene rings is 1. The van der Waals surface area contributed by atoms with Gasteiger partial charge in [0.2, 0.25) is 0 Å². The molecule has 0 aliphatic carbocycles. The van der Waals surface area contributed by atoms with Gasteiger partial charge >= 0.3 is 5.97 Å². The van der Waals surface area contributed by atoms with Crippen LogP contribution in [0.15, 0.2) is 12.1 Å². The lowest BCUT2D eigenvalue weighted by Gasteiger charge is -2.21. The van der Waals surface area contributed by atoms with Crippen molar-refractivity contribution in [3.63, 3.8) is 0 Å². The summed E-state index contributed by atoms with van der Waals surface area (Å²) < 4.78 is 22.1. The van der Waals surface area contributed by atoms with Gasteiger partial charge in [-0.25, -0.2) is 9.86 Å². The molecular weight excluding hydrogens is 382 g/mol. The highest BCUT2D eigenvalue weighted by Gasteiger charge is 2.46. The van der Waals surface area contributed by atoms with Gasteiger partial charge in [0.1, 0.15) is 17.1 Å². The number of carbonyl (C=O) groups is 2. The number of nitrogens with zero attached hydrogens (tertiary/aromatic N) is 1. The minimum absolute atomic E-state index is 0.101. The van der Waals surface area contributed by atoms with Crippen LogP contribution in [0.5, 0.6) is 11.5 Å². The fourth-order valence-electron chi connectivity index (χ4n) is 3.38. The number of hydrogen-bond acceptors (Lipinski definition) is 7. The molecule has 0 aromatic heterocycles. The molecule has 1 aromatic carbocycles. The van der Waals surface area contributed by atoms with Gasteiger partial charge in [0, 0.05) is 13.1 Å². The molecule has 29 heavy (non-hydrogen) atoms. The van der Waals surface area contributed by atoms with Gasteiger partial charge in [-0.05, 0) is 44.7 Å². The summed E-state index contributed by atoms with van der Waals surface area (Å²) in [4.78, 5) is 29.2. The van der Waals surface area contributed by atoms with Crippen LogP contribution in [0.2, 0.25) is 0 Å². The average molecular weight is 411 g/mol. The van der Waals surface area contributed by atoms with Gasteiger partial charge in [-0.3, -0.25) is 9.63 Å². The summed E-state index contributed by atoms with van der Waals surface area (Å²) in [5, 5.41) is 10.7. The molecule has 1 heterocycles. The molecule has 0 saturated carbocycles. The minimum atomic E-state index is -1.07. The smallest absolute Gasteiger partial charge is 0.339 e. The molecule has 1 aliphatic rings. The second-order valence-electron chi connectivity index (χ2n) is 7.17. The summed E-state index contributed by atoms with van der Waals surface area (Å²) in [5.41, 5.74) is 0.688. The predicted molar refractivity (Wildman–Crippen MR) is 103 cm³/mol. The highest BCUT2D eigenvalue weighted by molar-refractivity contribution is 5.93. The zero-order chi connectivity index (χ0) is 21.8. The first-order chi connectivity index (χ1) is 13.6. The van der Waals surface area contributed by atoms with Gasteiger partial charge in [0.05, 0.1) is 27.4 Å². The summed E-state index contributed by atoms with van der Waals surface area (Å²) >= 11 is 0. The maximum absolute atomic E-state index is 12.5. The molecule has 2 atom stereocenters. The van der Waals surface area contributed by atoms with Crippen molar-refractivity contribution in [3.05, 3.63) is 23.3 Å². The molecule has 9 heteroatoms. The second kappa shape index (κ2) is 9.43. The first kappa shape index (κ1) is 22.9. The van der Waals surface area contributed by atoms with E-state index in [1.54, 1.807) is 26.0 Å². The molecule has 1 saturated heterocycles. The third-order valence-electron chi connectivity index (χ3n) is 4.77. The van der Waals surface area contributed by atoms with E-state index in [0.29, 0.717) is 30.6 Å². The SMILES string of the molecule is COc1cc(CCC[C@@H]2OC(C)(C)O[C@@H]2C(=O)N(C)OC)c(C(=O)O)c(OC)c1. The number of aromatic carboxylic acids is 1. The Kier molecular flexibility index (Phi) is 7.45. The second-order valence-corrected chi connectivity index (χ2v) is 7.17. The molecular formula is C20H29NO8. The van der Waals surface area contributed by atoms with Crippen LogP contribution < -0.4 is 9.47 Å². The van der Waals surface area contributed by atoms with E-state index in [0.717, 1.165) is 5.06 Å². The standard InChI is InChI=1S/C20H29NO8/c1-20(2)28-14(17(29-20)18(22)21(3)27-6)9-7-8-12-10-13(25-4)11-15(26-5)16(12)19(23)24/h10-11,14,17H,7-9H2,1-6H3,(H,23,24)/t14-,17-/m0/s1. The highest BCUT2D eigenvalue weighted by Crippen LogP contribution is 2.33. The zero-order valence-corrected chi connectivity index (χ0v) is 17.7. The van der Waals surface area contributed by atoms with Gasteiger partial charge in [-0.15, -0.1) is 0 Å². The van der Waals surface area contributed by atoms with E-state index in [-0.39, 0.29) is 17.2 Å². The first-order valence-corrected chi connectivity index (χ1v) is 9.29. The highest BCUT2D eigenvalue weighted by atomic mass is 16.8. The van der Waals surface area contributed by atoms with Crippen LogP contribution in [0.25, 0.3) is 0 Å². The monoisotopic (exact) mass is 411 g/mol. The van der Waals surface area contributed by atoms with Crippen molar-refractivity contribution < 1.29 is 38.5 Å². The van der Waals surface area contributed by atoms with Crippen molar-refractivity contribution in [2.24, 2.45) is 0 Å². The molecule has 1 N–H and O–H groups in total. The topological polar surface area (TPSA) is 104 Å². The summed E-state index contributed by atoms with van der Waals surface area (Å²) in [6.45, 7) is 3.49. The Morgan fingerprint density at radius 3 is 2.41 bits per heavy atom. The summed E-state index contributed by atoms with van der Waals surface area (Å²) in [6, 6.07) is 3.22. The van der Waals surface area contributed by atoms with Gasteiger partial charge < -0.3 is 24.1 Å². The quantitative estimate of drug-likeness (QED) is 0.617. The van der Waals surface area contributed by atoms with E-state index in [1.807, 2.05) is 0 Å². The van der Waals surface area contributed by atoms with Gasteiger partial charge in [-0.2, -0.15) is 0 Å². The lowest BCUT2D eigenvalue weighted by Crippen LogP contribution is -2.41. The number of aryl methyl sites for hydroxylation is 1. The number of hydroxylamine groups is 2. The predicted octanol–water partition coefficient (Wildman–Crippen LogP) is 2.26. The Labute approximate surface area is 170 Å². The Bertz CT molecular complexity index is 748. The lowest BCUT2D eigenvalue weighted by molar-refractivity contribution is -0.187. The van der Waals surface area contributed by atoms with Crippen LogP contribution in [0.3, 0.4) is 0 Å². The minimum Gasteiger partial charge on any atom is -0.497 e. The Hall–Kier alpha value is -2.36. The Morgan fingerprint density at radius 1 is 1.17 bits per heavy atom. The molecule has 1 amide bonds. The van der Waals surface area contributed by atoms with E-state index in [9.17, 15) is 14.7 Å². The van der Waals surface area contributed by atoms with Crippen LogP contribution in [0, 0.1) is 0 Å². The van der Waals surface area contributed by atoms with Crippen LogP contribution in [0.4, 0.5) is 0 Å². The summed E-state index contributed by atoms with van der Waals surface area (Å²) in [6.07, 6.45) is 0.234. The molecule has 0 spiro atoms.